The molecule has 4 heteroatoms. The molecule has 0 saturated heterocycles. The molecule has 0 bridgehead atoms. The normalized spacial score (nSPS) is 19.6. The van der Waals surface area contributed by atoms with Crippen molar-refractivity contribution in [3.8, 4) is 0 Å². The van der Waals surface area contributed by atoms with Gasteiger partial charge in [-0.05, 0) is 6.08 Å². The largest absolute Gasteiger partial charge is 0.308 e. The van der Waals surface area contributed by atoms with Crippen molar-refractivity contribution in [3.05, 3.63) is 35.0 Å². The molecular formula is C7H8BrN3. The van der Waals surface area contributed by atoms with Gasteiger partial charge >= 0.3 is 0 Å². The van der Waals surface area contributed by atoms with Crippen LogP contribution in [0.5, 0.6) is 0 Å². The maximum atomic E-state index is 5.21. The number of nitrogens with one attached hydrogen (secondary N) is 1. The molecule has 3 N–H and O–H groups in total. The summed E-state index contributed by atoms with van der Waals surface area (Å²) >= 11 is 3.32. The molecule has 0 unspecified atom stereocenters. The van der Waals surface area contributed by atoms with E-state index in [2.05, 4.69) is 32.9 Å². The molecule has 0 spiro atoms. The number of halogens is 1. The quantitative estimate of drug-likeness (QED) is 0.509. The Hall–Kier alpha value is -0.870. The molecular weight excluding hydrogens is 206 g/mol. The van der Waals surface area contributed by atoms with Gasteiger partial charge in [-0.2, -0.15) is 0 Å². The van der Waals surface area contributed by atoms with Crippen LogP contribution in [0.3, 0.4) is 0 Å². The lowest BCUT2D eigenvalue weighted by Crippen LogP contribution is -2.30. The number of nitrogens with zero attached hydrogens (tertiary/aromatic N) is 1. The van der Waals surface area contributed by atoms with Crippen LogP contribution in [-0.2, 0) is 0 Å². The number of aliphatic imine (C=N–C) groups is 1. The molecule has 0 fully saturated rings. The Labute approximate surface area is 73.5 Å². The molecule has 0 aromatic heterocycles. The van der Waals surface area contributed by atoms with Crippen LogP contribution in [0.1, 0.15) is 0 Å². The zero-order valence-electron chi connectivity index (χ0n) is 5.84. The number of hydrazine groups is 1. The zero-order chi connectivity index (χ0) is 8.27. The number of nitrogens with two attached hydrogens (primary N) is 1. The fourth-order valence-corrected chi connectivity index (χ4v) is 1.07. The van der Waals surface area contributed by atoms with Crippen LogP contribution in [-0.4, -0.2) is 5.84 Å². The number of allylic oxidation sites excluding steroid dienone is 2. The van der Waals surface area contributed by atoms with Crippen LogP contribution >= 0.6 is 15.9 Å². The lowest BCUT2D eigenvalue weighted by atomic mass is 10.2. The van der Waals surface area contributed by atoms with E-state index in [0.29, 0.717) is 5.84 Å². The maximum absolute atomic E-state index is 5.21. The topological polar surface area (TPSA) is 50.4 Å². The van der Waals surface area contributed by atoms with Crippen LogP contribution in [0.25, 0.3) is 0 Å². The Balaban J connectivity index is 2.98. The van der Waals surface area contributed by atoms with Gasteiger partial charge in [-0.15, -0.1) is 0 Å². The smallest absolute Gasteiger partial charge is 0.148 e. The second-order valence-corrected chi connectivity index (χ2v) is 2.76. The van der Waals surface area contributed by atoms with E-state index >= 15 is 0 Å². The molecule has 0 aromatic carbocycles. The van der Waals surface area contributed by atoms with Gasteiger partial charge in [0, 0.05) is 16.3 Å². The third-order valence-electron chi connectivity index (χ3n) is 1.27. The summed E-state index contributed by atoms with van der Waals surface area (Å²) in [6, 6.07) is 0. The van der Waals surface area contributed by atoms with E-state index in [1.54, 1.807) is 12.3 Å². The van der Waals surface area contributed by atoms with Crippen LogP contribution in [0, 0.1) is 0 Å². The summed E-state index contributed by atoms with van der Waals surface area (Å²) in [7, 11) is 0. The number of hydrogen-bond acceptors (Lipinski definition) is 3. The molecule has 1 rings (SSSR count). The highest BCUT2D eigenvalue weighted by Gasteiger charge is 2.08. The Bertz CT molecular complexity index is 263. The number of hydrogen-bond donors (Lipinski definition) is 2. The Morgan fingerprint density at radius 2 is 2.55 bits per heavy atom. The summed E-state index contributed by atoms with van der Waals surface area (Å²) in [5.74, 6) is 5.86. The van der Waals surface area contributed by atoms with E-state index in [1.165, 1.54) is 0 Å². The summed E-state index contributed by atoms with van der Waals surface area (Å²) in [5.41, 5.74) is 3.40. The van der Waals surface area contributed by atoms with Crippen molar-refractivity contribution in [2.45, 2.75) is 0 Å². The minimum absolute atomic E-state index is 0.650. The standard InChI is InChI=1S/C7H8BrN3/c1-2-6(8)5-3-4-10-7(5)11-9/h2-4H,1,9H2,(H,10,11)/b6-5+. The van der Waals surface area contributed by atoms with Crippen LogP contribution in [0.15, 0.2) is 40.0 Å². The molecule has 0 radical (unpaired) electrons. The predicted molar refractivity (Wildman–Crippen MR) is 50.0 cm³/mol. The Morgan fingerprint density at radius 3 is 3.09 bits per heavy atom. The van der Waals surface area contributed by atoms with Gasteiger partial charge in [0.2, 0.25) is 0 Å². The molecule has 3 nitrogen and oxygen atoms in total. The summed E-state index contributed by atoms with van der Waals surface area (Å²) in [6.45, 7) is 3.61. The third kappa shape index (κ3) is 1.58. The van der Waals surface area contributed by atoms with Gasteiger partial charge in [-0.25, -0.2) is 10.8 Å². The van der Waals surface area contributed by atoms with E-state index in [4.69, 9.17) is 5.84 Å². The van der Waals surface area contributed by atoms with Crippen molar-refractivity contribution < 1.29 is 0 Å². The van der Waals surface area contributed by atoms with Gasteiger partial charge in [0.05, 0.1) is 0 Å². The summed E-state index contributed by atoms with van der Waals surface area (Å²) < 4.78 is 0.878. The molecule has 0 atom stereocenters. The fraction of sp³-hybridized carbons (Fsp3) is 0. The SMILES string of the molecule is C=C/C(Br)=C1/C=CN=C1NN. The molecule has 0 aromatic rings. The highest BCUT2D eigenvalue weighted by atomic mass is 79.9. The molecule has 0 aliphatic carbocycles. The fourth-order valence-electron chi connectivity index (χ4n) is 0.753. The molecule has 1 heterocycles. The predicted octanol–water partition coefficient (Wildman–Crippen LogP) is 1.21. The first-order chi connectivity index (χ1) is 5.29. The van der Waals surface area contributed by atoms with Crippen LogP contribution in [0.2, 0.25) is 0 Å². The van der Waals surface area contributed by atoms with Gasteiger partial charge in [0.25, 0.3) is 0 Å². The van der Waals surface area contributed by atoms with Gasteiger partial charge in [0.15, 0.2) is 0 Å². The molecule has 1 aliphatic rings. The van der Waals surface area contributed by atoms with Gasteiger partial charge in [-0.3, -0.25) is 0 Å². The molecule has 11 heavy (non-hydrogen) atoms. The van der Waals surface area contributed by atoms with Crippen molar-refractivity contribution in [2.24, 2.45) is 10.8 Å². The third-order valence-corrected chi connectivity index (χ3v) is 2.02. The number of rotatable bonds is 1. The van der Waals surface area contributed by atoms with Crippen LogP contribution in [0.4, 0.5) is 0 Å². The molecule has 58 valence electrons. The van der Waals surface area contributed by atoms with Crippen molar-refractivity contribution in [1.82, 2.24) is 5.43 Å². The van der Waals surface area contributed by atoms with Crippen molar-refractivity contribution in [3.63, 3.8) is 0 Å². The summed E-state index contributed by atoms with van der Waals surface area (Å²) in [4.78, 5) is 3.97. The van der Waals surface area contributed by atoms with Gasteiger partial charge in [-0.1, -0.05) is 28.6 Å². The zero-order valence-corrected chi connectivity index (χ0v) is 7.43. The molecule has 0 saturated carbocycles. The van der Waals surface area contributed by atoms with Crippen LogP contribution < -0.4 is 11.3 Å². The van der Waals surface area contributed by atoms with Gasteiger partial charge < -0.3 is 5.43 Å². The second-order valence-electron chi connectivity index (χ2n) is 1.90. The van der Waals surface area contributed by atoms with Crippen molar-refractivity contribution in [2.75, 3.05) is 0 Å². The lowest BCUT2D eigenvalue weighted by molar-refractivity contribution is 1.03. The van der Waals surface area contributed by atoms with Gasteiger partial charge in [0.1, 0.15) is 5.84 Å². The van der Waals surface area contributed by atoms with Crippen molar-refractivity contribution in [1.29, 1.82) is 0 Å². The first kappa shape index (κ1) is 8.23. The highest BCUT2D eigenvalue weighted by Crippen LogP contribution is 2.18. The summed E-state index contributed by atoms with van der Waals surface area (Å²) in [5, 5.41) is 0. The second kappa shape index (κ2) is 3.50. The number of amidine groups is 1. The van der Waals surface area contributed by atoms with E-state index in [-0.39, 0.29) is 0 Å². The van der Waals surface area contributed by atoms with E-state index in [9.17, 15) is 0 Å². The highest BCUT2D eigenvalue weighted by molar-refractivity contribution is 9.12. The molecule has 0 amide bonds. The van der Waals surface area contributed by atoms with E-state index in [0.717, 1.165) is 10.1 Å². The summed E-state index contributed by atoms with van der Waals surface area (Å²) in [6.07, 6.45) is 5.22. The minimum atomic E-state index is 0.650. The molecule has 1 aliphatic heterocycles. The van der Waals surface area contributed by atoms with Crippen molar-refractivity contribution >= 4 is 21.8 Å². The Morgan fingerprint density at radius 1 is 1.82 bits per heavy atom. The minimum Gasteiger partial charge on any atom is -0.308 e. The first-order valence-electron chi connectivity index (χ1n) is 3.03. The average molecular weight is 214 g/mol. The first-order valence-corrected chi connectivity index (χ1v) is 3.82. The van der Waals surface area contributed by atoms with E-state index < -0.39 is 0 Å². The van der Waals surface area contributed by atoms with E-state index in [1.807, 2.05) is 6.08 Å². The average Bonchev–Trinajstić information content (AvgIpc) is 2.50. The lowest BCUT2D eigenvalue weighted by Gasteiger charge is -2.01. The Kier molecular flexibility index (Phi) is 2.62. The maximum Gasteiger partial charge on any atom is 0.148 e. The monoisotopic (exact) mass is 213 g/mol.